The van der Waals surface area contributed by atoms with Crippen LogP contribution in [0.15, 0.2) is 30.5 Å². The number of likely N-dealkylation sites (tertiary alicyclic amines) is 1. The summed E-state index contributed by atoms with van der Waals surface area (Å²) in [6.07, 6.45) is 9.06. The highest BCUT2D eigenvalue weighted by Crippen LogP contribution is 2.20. The minimum absolute atomic E-state index is 0. The number of para-hydroxylation sites is 1. The van der Waals surface area contributed by atoms with Crippen LogP contribution in [0.1, 0.15) is 54.6 Å². The van der Waals surface area contributed by atoms with Gasteiger partial charge >= 0.3 is 0 Å². The van der Waals surface area contributed by atoms with Crippen LogP contribution in [0.25, 0.3) is 0 Å². The quantitative estimate of drug-likeness (QED) is 0.669. The van der Waals surface area contributed by atoms with Crippen molar-refractivity contribution in [2.45, 2.75) is 57.7 Å². The number of piperidine rings is 1. The van der Waals surface area contributed by atoms with E-state index in [1.807, 2.05) is 18.2 Å². The van der Waals surface area contributed by atoms with Gasteiger partial charge in [0.25, 0.3) is 5.91 Å². The molecular formula is C21H32Cl2N6O. The highest BCUT2D eigenvalue weighted by atomic mass is 35.5. The van der Waals surface area contributed by atoms with Crippen molar-refractivity contribution in [1.29, 1.82) is 0 Å². The zero-order valence-corrected chi connectivity index (χ0v) is 18.9. The molecule has 7 nitrogen and oxygen atoms in total. The molecule has 0 saturated carbocycles. The van der Waals surface area contributed by atoms with Crippen molar-refractivity contribution >= 4 is 36.4 Å². The Balaban J connectivity index is 0.00000160. The molecule has 2 aromatic rings. The molecule has 30 heavy (non-hydrogen) atoms. The summed E-state index contributed by atoms with van der Waals surface area (Å²) < 4.78 is 1.78. The van der Waals surface area contributed by atoms with Crippen molar-refractivity contribution in [3.05, 3.63) is 41.7 Å². The number of hydrogen-bond acceptors (Lipinski definition) is 5. The Morgan fingerprint density at radius 1 is 1.13 bits per heavy atom. The number of carbonyl (C=O) groups is 1. The normalized spacial score (nSPS) is 19.0. The number of aryl methyl sites for hydroxylation is 1. The molecule has 3 heterocycles. The van der Waals surface area contributed by atoms with Crippen LogP contribution in [-0.4, -0.2) is 51.5 Å². The van der Waals surface area contributed by atoms with Gasteiger partial charge in [-0.15, -0.1) is 29.9 Å². The lowest BCUT2D eigenvalue weighted by molar-refractivity contribution is 0.102. The molecule has 2 aliphatic heterocycles. The van der Waals surface area contributed by atoms with Crippen LogP contribution in [0.3, 0.4) is 0 Å². The number of aromatic nitrogens is 3. The van der Waals surface area contributed by atoms with Gasteiger partial charge in [-0.2, -0.15) is 0 Å². The van der Waals surface area contributed by atoms with Gasteiger partial charge < -0.3 is 10.6 Å². The van der Waals surface area contributed by atoms with E-state index in [2.05, 4.69) is 31.9 Å². The number of rotatable bonds is 7. The van der Waals surface area contributed by atoms with E-state index < -0.39 is 0 Å². The van der Waals surface area contributed by atoms with Crippen LogP contribution < -0.4 is 10.6 Å². The first kappa shape index (κ1) is 24.6. The third kappa shape index (κ3) is 6.67. The van der Waals surface area contributed by atoms with Gasteiger partial charge in [-0.05, 0) is 63.4 Å². The van der Waals surface area contributed by atoms with Crippen LogP contribution >= 0.6 is 24.8 Å². The molecule has 4 rings (SSSR count). The van der Waals surface area contributed by atoms with Crippen molar-refractivity contribution < 1.29 is 4.79 Å². The van der Waals surface area contributed by atoms with Gasteiger partial charge in [-0.25, -0.2) is 0 Å². The number of nitrogens with zero attached hydrogens (tertiary/aromatic N) is 4. The van der Waals surface area contributed by atoms with E-state index in [1.54, 1.807) is 10.9 Å². The average Bonchev–Trinajstić information content (AvgIpc) is 3.41. The third-order valence-electron chi connectivity index (χ3n) is 5.75. The maximum atomic E-state index is 12.7. The molecule has 1 atom stereocenters. The largest absolute Gasteiger partial charge is 0.320 e. The van der Waals surface area contributed by atoms with Gasteiger partial charge in [-0.1, -0.05) is 29.8 Å². The van der Waals surface area contributed by atoms with E-state index in [1.165, 1.54) is 32.1 Å². The average molecular weight is 455 g/mol. The lowest BCUT2D eigenvalue weighted by Gasteiger charge is -2.23. The van der Waals surface area contributed by atoms with E-state index in [4.69, 9.17) is 0 Å². The molecule has 2 saturated heterocycles. The van der Waals surface area contributed by atoms with Crippen molar-refractivity contribution in [3.63, 3.8) is 0 Å². The van der Waals surface area contributed by atoms with Crippen LogP contribution in [0.4, 0.5) is 5.69 Å². The number of carbonyl (C=O) groups excluding carboxylic acids is 1. The fourth-order valence-electron chi connectivity index (χ4n) is 4.12. The van der Waals surface area contributed by atoms with E-state index in [0.717, 1.165) is 50.4 Å². The summed E-state index contributed by atoms with van der Waals surface area (Å²) in [5.74, 6) is -0.198. The Morgan fingerprint density at radius 2 is 1.93 bits per heavy atom. The Morgan fingerprint density at radius 3 is 2.70 bits per heavy atom. The number of benzene rings is 1. The zero-order chi connectivity index (χ0) is 19.2. The smallest absolute Gasteiger partial charge is 0.277 e. The maximum Gasteiger partial charge on any atom is 0.277 e. The Kier molecular flexibility index (Phi) is 10.0. The van der Waals surface area contributed by atoms with Gasteiger partial charge in [-0.3, -0.25) is 14.4 Å². The predicted molar refractivity (Wildman–Crippen MR) is 124 cm³/mol. The molecule has 9 heteroatoms. The molecule has 0 bridgehead atoms. The summed E-state index contributed by atoms with van der Waals surface area (Å²) in [7, 11) is 0. The Bertz CT molecular complexity index is 787. The van der Waals surface area contributed by atoms with Crippen molar-refractivity contribution in [3.8, 4) is 0 Å². The highest BCUT2D eigenvalue weighted by Gasteiger charge is 2.17. The third-order valence-corrected chi connectivity index (χ3v) is 5.75. The standard InChI is InChI=1S/C21H30N6O.2ClH/c28-21(20-16-27(25-24-20)14-10-18-8-3-4-11-22-18)23-19-9-2-1-7-17(19)15-26-12-5-6-13-26;;/h1-2,7,9,16,18,22H,3-6,8,10-15H2,(H,23,28);2*1H. The molecule has 1 aromatic carbocycles. The highest BCUT2D eigenvalue weighted by molar-refractivity contribution is 6.03. The second-order valence-electron chi connectivity index (χ2n) is 7.90. The van der Waals surface area contributed by atoms with E-state index in [-0.39, 0.29) is 30.7 Å². The molecular weight excluding hydrogens is 423 g/mol. The molecule has 0 radical (unpaired) electrons. The van der Waals surface area contributed by atoms with Gasteiger partial charge in [0.2, 0.25) is 0 Å². The molecule has 0 spiro atoms. The van der Waals surface area contributed by atoms with Crippen LogP contribution in [0, 0.1) is 0 Å². The van der Waals surface area contributed by atoms with Crippen LogP contribution in [0.5, 0.6) is 0 Å². The van der Waals surface area contributed by atoms with Crippen molar-refractivity contribution in [2.24, 2.45) is 0 Å². The summed E-state index contributed by atoms with van der Waals surface area (Å²) in [6, 6.07) is 8.57. The predicted octanol–water partition coefficient (Wildman–Crippen LogP) is 3.50. The Hall–Kier alpha value is -1.67. The Labute approximate surface area is 190 Å². The fraction of sp³-hybridized carbons (Fsp3) is 0.571. The molecule has 2 N–H and O–H groups in total. The second-order valence-corrected chi connectivity index (χ2v) is 7.90. The molecule has 1 aromatic heterocycles. The first-order chi connectivity index (χ1) is 13.8. The second kappa shape index (κ2) is 12.2. The van der Waals surface area contributed by atoms with E-state index in [0.29, 0.717) is 11.7 Å². The first-order valence-corrected chi connectivity index (χ1v) is 10.5. The minimum Gasteiger partial charge on any atom is -0.320 e. The molecule has 2 aliphatic rings. The summed E-state index contributed by atoms with van der Waals surface area (Å²) in [5, 5.41) is 14.8. The molecule has 166 valence electrons. The number of anilines is 1. The van der Waals surface area contributed by atoms with Gasteiger partial charge in [0, 0.05) is 24.8 Å². The van der Waals surface area contributed by atoms with Gasteiger partial charge in [0.15, 0.2) is 5.69 Å². The summed E-state index contributed by atoms with van der Waals surface area (Å²) in [6.45, 7) is 5.02. The van der Waals surface area contributed by atoms with Gasteiger partial charge in [0.05, 0.1) is 6.20 Å². The summed E-state index contributed by atoms with van der Waals surface area (Å²) >= 11 is 0. The minimum atomic E-state index is -0.198. The van der Waals surface area contributed by atoms with Crippen LogP contribution in [-0.2, 0) is 13.1 Å². The van der Waals surface area contributed by atoms with Gasteiger partial charge in [0.1, 0.15) is 0 Å². The fourth-order valence-corrected chi connectivity index (χ4v) is 4.12. The number of halogens is 2. The number of nitrogens with one attached hydrogen (secondary N) is 2. The lowest BCUT2D eigenvalue weighted by atomic mass is 10.0. The molecule has 1 amide bonds. The molecule has 0 aliphatic carbocycles. The van der Waals surface area contributed by atoms with E-state index in [9.17, 15) is 4.79 Å². The monoisotopic (exact) mass is 454 g/mol. The van der Waals surface area contributed by atoms with Crippen molar-refractivity contribution in [1.82, 2.24) is 25.2 Å². The first-order valence-electron chi connectivity index (χ1n) is 10.5. The molecule has 2 fully saturated rings. The van der Waals surface area contributed by atoms with Crippen molar-refractivity contribution in [2.75, 3.05) is 25.0 Å². The zero-order valence-electron chi connectivity index (χ0n) is 17.3. The lowest BCUT2D eigenvalue weighted by Crippen LogP contribution is -2.34. The van der Waals surface area contributed by atoms with Crippen LogP contribution in [0.2, 0.25) is 0 Å². The number of amides is 1. The SMILES string of the molecule is Cl.Cl.O=C(Nc1ccccc1CN1CCCC1)c1cn(CCC2CCCCN2)nn1. The molecule has 1 unspecified atom stereocenters. The van der Waals surface area contributed by atoms with E-state index >= 15 is 0 Å². The topological polar surface area (TPSA) is 75.1 Å². The summed E-state index contributed by atoms with van der Waals surface area (Å²) in [5.41, 5.74) is 2.38. The summed E-state index contributed by atoms with van der Waals surface area (Å²) in [4.78, 5) is 15.1. The maximum absolute atomic E-state index is 12.7. The number of hydrogen-bond donors (Lipinski definition) is 2.